The lowest BCUT2D eigenvalue weighted by Crippen LogP contribution is -2.35. The second kappa shape index (κ2) is 6.11. The number of hydrogen-bond acceptors (Lipinski definition) is 4. The van der Waals surface area contributed by atoms with Gasteiger partial charge in [-0.3, -0.25) is 14.2 Å². The average molecular weight is 356 g/mol. The topological polar surface area (TPSA) is 72.2 Å². The number of aromatic nitrogens is 2. The molecule has 0 radical (unpaired) electrons. The van der Waals surface area contributed by atoms with Crippen molar-refractivity contribution in [1.82, 2.24) is 9.55 Å². The van der Waals surface area contributed by atoms with Gasteiger partial charge < -0.3 is 5.11 Å². The molecule has 6 heteroatoms. The predicted molar refractivity (Wildman–Crippen MR) is 100 cm³/mol. The molecule has 0 saturated heterocycles. The molecule has 2 heterocycles. The van der Waals surface area contributed by atoms with Gasteiger partial charge in [-0.2, -0.15) is 0 Å². The van der Waals surface area contributed by atoms with Gasteiger partial charge in [-0.05, 0) is 33.3 Å². The maximum Gasteiger partial charge on any atom is 0.310 e. The van der Waals surface area contributed by atoms with E-state index in [-0.39, 0.29) is 12.1 Å². The highest BCUT2D eigenvalue weighted by Crippen LogP contribution is 2.31. The number of benzene rings is 1. The van der Waals surface area contributed by atoms with Gasteiger partial charge in [0.15, 0.2) is 0 Å². The van der Waals surface area contributed by atoms with E-state index < -0.39 is 11.4 Å². The highest BCUT2D eigenvalue weighted by molar-refractivity contribution is 7.17. The minimum atomic E-state index is -1.05. The molecule has 0 amide bonds. The average Bonchev–Trinajstić information content (AvgIpc) is 2.96. The van der Waals surface area contributed by atoms with Crippen LogP contribution in [0.4, 0.5) is 0 Å². The number of carbonyl (C=O) groups is 1. The van der Waals surface area contributed by atoms with E-state index in [1.165, 1.54) is 15.9 Å². The lowest BCUT2D eigenvalue weighted by molar-refractivity contribution is -0.147. The Morgan fingerprint density at radius 1 is 1.24 bits per heavy atom. The number of aryl methyl sites for hydroxylation is 2. The van der Waals surface area contributed by atoms with E-state index >= 15 is 0 Å². The Kier molecular flexibility index (Phi) is 4.24. The fourth-order valence-electron chi connectivity index (χ4n) is 2.72. The van der Waals surface area contributed by atoms with Crippen molar-refractivity contribution in [3.63, 3.8) is 0 Å². The van der Waals surface area contributed by atoms with Crippen LogP contribution in [0.15, 0.2) is 34.4 Å². The Hall–Kier alpha value is -2.47. The molecular formula is C19H20N2O3S. The molecule has 130 valence electrons. The molecule has 3 rings (SSSR count). The minimum Gasteiger partial charge on any atom is -0.481 e. The van der Waals surface area contributed by atoms with Crippen LogP contribution in [0.25, 0.3) is 21.3 Å². The molecule has 0 atom stereocenters. The van der Waals surface area contributed by atoms with Gasteiger partial charge in [-0.15, -0.1) is 11.3 Å². The van der Waals surface area contributed by atoms with E-state index in [2.05, 4.69) is 4.98 Å². The molecule has 1 N–H and O–H groups in total. The summed E-state index contributed by atoms with van der Waals surface area (Å²) in [6.07, 6.45) is 0. The molecule has 0 aliphatic heterocycles. The Morgan fingerprint density at radius 3 is 2.48 bits per heavy atom. The molecule has 0 bridgehead atoms. The number of nitrogens with zero attached hydrogens (tertiary/aromatic N) is 2. The third-order valence-corrected chi connectivity index (χ3v) is 5.25. The summed E-state index contributed by atoms with van der Waals surface area (Å²) < 4.78 is 1.47. The van der Waals surface area contributed by atoms with Crippen LogP contribution in [0.3, 0.4) is 0 Å². The molecule has 0 fully saturated rings. The normalized spacial score (nSPS) is 11.8. The maximum absolute atomic E-state index is 13.1. The molecule has 5 nitrogen and oxygen atoms in total. The zero-order valence-electron chi connectivity index (χ0n) is 14.7. The SMILES string of the molecule is Cc1ccc(-c2csc3nc(C)n(CC(C)(C)C(=O)O)c(=O)c23)cc1. The Labute approximate surface area is 149 Å². The third kappa shape index (κ3) is 3.09. The quantitative estimate of drug-likeness (QED) is 0.771. The van der Waals surface area contributed by atoms with E-state index in [1.807, 2.05) is 36.6 Å². The first-order valence-electron chi connectivity index (χ1n) is 8.00. The lowest BCUT2D eigenvalue weighted by atomic mass is 9.93. The van der Waals surface area contributed by atoms with Crippen LogP contribution < -0.4 is 5.56 Å². The summed E-state index contributed by atoms with van der Waals surface area (Å²) in [7, 11) is 0. The van der Waals surface area contributed by atoms with Crippen molar-refractivity contribution >= 4 is 27.5 Å². The largest absolute Gasteiger partial charge is 0.481 e. The first-order chi connectivity index (χ1) is 11.7. The van der Waals surface area contributed by atoms with Crippen molar-refractivity contribution in [1.29, 1.82) is 0 Å². The van der Waals surface area contributed by atoms with Crippen LogP contribution in [-0.4, -0.2) is 20.6 Å². The highest BCUT2D eigenvalue weighted by atomic mass is 32.1. The van der Waals surface area contributed by atoms with Crippen molar-refractivity contribution in [3.05, 3.63) is 51.4 Å². The fourth-order valence-corrected chi connectivity index (χ4v) is 3.70. The van der Waals surface area contributed by atoms with Gasteiger partial charge in [0.25, 0.3) is 5.56 Å². The van der Waals surface area contributed by atoms with Gasteiger partial charge in [0.05, 0.1) is 10.8 Å². The molecular weight excluding hydrogens is 336 g/mol. The first-order valence-corrected chi connectivity index (χ1v) is 8.88. The van der Waals surface area contributed by atoms with Crippen LogP contribution in [0, 0.1) is 19.3 Å². The maximum atomic E-state index is 13.1. The number of thiophene rings is 1. The zero-order chi connectivity index (χ0) is 18.4. The van der Waals surface area contributed by atoms with Crippen LogP contribution in [0.1, 0.15) is 25.2 Å². The number of fused-ring (bicyclic) bond motifs is 1. The third-order valence-electron chi connectivity index (χ3n) is 4.38. The second-order valence-electron chi connectivity index (χ2n) is 6.93. The van der Waals surface area contributed by atoms with Crippen molar-refractivity contribution in [2.45, 2.75) is 34.2 Å². The fraction of sp³-hybridized carbons (Fsp3) is 0.316. The molecule has 0 aliphatic carbocycles. The molecule has 0 aliphatic rings. The molecule has 0 unspecified atom stereocenters. The van der Waals surface area contributed by atoms with Crippen molar-refractivity contribution in [2.24, 2.45) is 5.41 Å². The predicted octanol–water partition coefficient (Wildman–Crippen LogP) is 3.85. The van der Waals surface area contributed by atoms with Gasteiger partial charge in [0.1, 0.15) is 10.7 Å². The van der Waals surface area contributed by atoms with Crippen molar-refractivity contribution in [2.75, 3.05) is 0 Å². The van der Waals surface area contributed by atoms with E-state index in [1.54, 1.807) is 20.8 Å². The van der Waals surface area contributed by atoms with Gasteiger partial charge in [0, 0.05) is 17.5 Å². The molecule has 25 heavy (non-hydrogen) atoms. The van der Waals surface area contributed by atoms with E-state index in [0.29, 0.717) is 16.0 Å². The number of hydrogen-bond donors (Lipinski definition) is 1. The van der Waals surface area contributed by atoms with Crippen molar-refractivity contribution < 1.29 is 9.90 Å². The zero-order valence-corrected chi connectivity index (χ0v) is 15.5. The first kappa shape index (κ1) is 17.4. The number of aliphatic carboxylic acids is 1. The molecule has 0 spiro atoms. The van der Waals surface area contributed by atoms with Gasteiger partial charge in [0.2, 0.25) is 0 Å². The summed E-state index contributed by atoms with van der Waals surface area (Å²) in [5, 5.41) is 11.9. The monoisotopic (exact) mass is 356 g/mol. The van der Waals surface area contributed by atoms with Crippen LogP contribution >= 0.6 is 11.3 Å². The van der Waals surface area contributed by atoms with Gasteiger partial charge >= 0.3 is 5.97 Å². The van der Waals surface area contributed by atoms with Crippen LogP contribution in [0.5, 0.6) is 0 Å². The van der Waals surface area contributed by atoms with Crippen LogP contribution in [-0.2, 0) is 11.3 Å². The highest BCUT2D eigenvalue weighted by Gasteiger charge is 2.29. The Balaban J connectivity index is 2.21. The smallest absolute Gasteiger partial charge is 0.310 e. The Bertz CT molecular complexity index is 1010. The number of rotatable bonds is 4. The summed E-state index contributed by atoms with van der Waals surface area (Å²) in [6, 6.07) is 7.99. The van der Waals surface area contributed by atoms with Crippen LogP contribution in [0.2, 0.25) is 0 Å². The number of carboxylic acid groups (broad SMARTS) is 1. The molecule has 1 aromatic carbocycles. The summed E-state index contributed by atoms with van der Waals surface area (Å²) in [5.41, 5.74) is 1.72. The summed E-state index contributed by atoms with van der Waals surface area (Å²) >= 11 is 1.43. The summed E-state index contributed by atoms with van der Waals surface area (Å²) in [6.45, 7) is 7.06. The van der Waals surface area contributed by atoms with Crippen molar-refractivity contribution in [3.8, 4) is 11.1 Å². The Morgan fingerprint density at radius 2 is 1.88 bits per heavy atom. The summed E-state index contributed by atoms with van der Waals surface area (Å²) in [5.74, 6) is -0.410. The standard InChI is InChI=1S/C19H20N2O3S/c1-11-5-7-13(8-6-11)14-9-25-16-15(14)17(22)21(12(2)20-16)10-19(3,4)18(23)24/h5-9H,10H2,1-4H3,(H,23,24). The van der Waals surface area contributed by atoms with Gasteiger partial charge in [-0.1, -0.05) is 29.8 Å². The van der Waals surface area contributed by atoms with E-state index in [0.717, 1.165) is 16.7 Å². The molecule has 3 aromatic rings. The minimum absolute atomic E-state index is 0.0825. The lowest BCUT2D eigenvalue weighted by Gasteiger charge is -2.21. The van der Waals surface area contributed by atoms with E-state index in [4.69, 9.17) is 0 Å². The second-order valence-corrected chi connectivity index (χ2v) is 7.79. The van der Waals surface area contributed by atoms with E-state index in [9.17, 15) is 14.7 Å². The molecule has 2 aromatic heterocycles. The summed E-state index contributed by atoms with van der Waals surface area (Å²) in [4.78, 5) is 29.8. The molecule has 0 saturated carbocycles. The van der Waals surface area contributed by atoms with Gasteiger partial charge in [-0.25, -0.2) is 4.98 Å². The number of carboxylic acids is 1.